The maximum Gasteiger partial charge on any atom is 0.428 e. The maximum absolute atomic E-state index is 13.0. The van der Waals surface area contributed by atoms with Gasteiger partial charge >= 0.3 is 12.1 Å². The number of halogens is 4. The first kappa shape index (κ1) is 20.8. The van der Waals surface area contributed by atoms with E-state index in [0.717, 1.165) is 0 Å². The number of ether oxygens (including phenoxy) is 3. The van der Waals surface area contributed by atoms with Gasteiger partial charge in [-0.1, -0.05) is 11.6 Å². The molecule has 0 saturated heterocycles. The Balaban J connectivity index is 3.12. The van der Waals surface area contributed by atoms with Crippen LogP contribution in [0.5, 0.6) is 11.5 Å². The van der Waals surface area contributed by atoms with Crippen molar-refractivity contribution < 1.29 is 42.1 Å². The number of hydrogen-bond acceptors (Lipinski definition) is 6. The summed E-state index contributed by atoms with van der Waals surface area (Å²) in [6.07, 6.45) is -7.03. The summed E-state index contributed by atoms with van der Waals surface area (Å²) < 4.78 is 52.7. The van der Waals surface area contributed by atoms with Crippen molar-refractivity contribution in [1.29, 1.82) is 0 Å². The number of alkyl halides is 3. The quantitative estimate of drug-likeness (QED) is 0.729. The van der Waals surface area contributed by atoms with Crippen molar-refractivity contribution in [3.63, 3.8) is 0 Å². The minimum absolute atomic E-state index is 0.0350. The van der Waals surface area contributed by atoms with Crippen molar-refractivity contribution in [1.82, 2.24) is 0 Å². The summed E-state index contributed by atoms with van der Waals surface area (Å²) in [7, 11) is 3.19. The lowest BCUT2D eigenvalue weighted by Crippen LogP contribution is -2.54. The number of carbonyl (C=O) groups excluding carboxylic acids is 2. The van der Waals surface area contributed by atoms with Crippen LogP contribution < -0.4 is 14.8 Å². The Bertz CT molecular complexity index is 667. The second kappa shape index (κ2) is 7.79. The number of carbonyl (C=O) groups is 2. The van der Waals surface area contributed by atoms with Crippen LogP contribution in [0, 0.1) is 0 Å². The van der Waals surface area contributed by atoms with Crippen molar-refractivity contribution in [2.45, 2.75) is 18.2 Å². The molecule has 0 spiro atoms. The lowest BCUT2D eigenvalue weighted by Gasteiger charge is -2.27. The second-order valence-electron chi connectivity index (χ2n) is 4.76. The molecule has 0 aliphatic heterocycles. The second-order valence-corrected chi connectivity index (χ2v) is 5.17. The number of aliphatic hydroxyl groups is 1. The van der Waals surface area contributed by atoms with Gasteiger partial charge in [0.1, 0.15) is 11.5 Å². The Morgan fingerprint density at radius 3 is 2.16 bits per heavy atom. The van der Waals surface area contributed by atoms with Crippen LogP contribution in [-0.2, 0) is 14.3 Å². The minimum atomic E-state index is -5.42. The summed E-state index contributed by atoms with van der Waals surface area (Å²) in [4.78, 5) is 23.2. The van der Waals surface area contributed by atoms with Gasteiger partial charge in [0.25, 0.3) is 5.60 Å². The number of nitrogens with one attached hydrogen (secondary N) is 1. The van der Waals surface area contributed by atoms with Gasteiger partial charge in [0.2, 0.25) is 5.91 Å². The van der Waals surface area contributed by atoms with Gasteiger partial charge in [-0.3, -0.25) is 4.79 Å². The van der Waals surface area contributed by atoms with Gasteiger partial charge in [-0.05, 0) is 0 Å². The molecular formula is C14H15ClF3NO6. The fourth-order valence-electron chi connectivity index (χ4n) is 1.84. The Morgan fingerprint density at radius 2 is 1.72 bits per heavy atom. The topological polar surface area (TPSA) is 94.1 Å². The van der Waals surface area contributed by atoms with Crippen molar-refractivity contribution in [3.8, 4) is 11.5 Å². The molecule has 0 aliphatic rings. The summed E-state index contributed by atoms with van der Waals surface area (Å²) >= 11 is 5.88. The highest BCUT2D eigenvalue weighted by Gasteiger charge is 2.61. The van der Waals surface area contributed by atoms with Crippen molar-refractivity contribution in [2.75, 3.05) is 26.6 Å². The van der Waals surface area contributed by atoms with E-state index in [-0.39, 0.29) is 22.2 Å². The molecule has 1 rings (SSSR count). The Morgan fingerprint density at radius 1 is 1.16 bits per heavy atom. The molecule has 0 aromatic heterocycles. The van der Waals surface area contributed by atoms with E-state index >= 15 is 0 Å². The number of rotatable bonds is 6. The molecule has 0 fully saturated rings. The zero-order valence-electron chi connectivity index (χ0n) is 13.4. The molecule has 25 heavy (non-hydrogen) atoms. The first-order valence-electron chi connectivity index (χ1n) is 6.59. The monoisotopic (exact) mass is 385 g/mol. The van der Waals surface area contributed by atoms with E-state index in [1.54, 1.807) is 0 Å². The summed E-state index contributed by atoms with van der Waals surface area (Å²) in [5, 5.41) is 11.8. The van der Waals surface area contributed by atoms with Gasteiger partial charge in [-0.2, -0.15) is 13.2 Å². The normalized spacial score (nSPS) is 13.6. The summed E-state index contributed by atoms with van der Waals surface area (Å²) in [5.41, 5.74) is -4.06. The van der Waals surface area contributed by atoms with E-state index in [1.807, 2.05) is 0 Å². The number of methoxy groups -OCH3 is 3. The van der Waals surface area contributed by atoms with Crippen molar-refractivity contribution >= 4 is 29.2 Å². The number of amides is 1. The zero-order chi connectivity index (χ0) is 19.4. The third-order valence-electron chi connectivity index (χ3n) is 3.16. The van der Waals surface area contributed by atoms with Crippen LogP contribution in [-0.4, -0.2) is 50.1 Å². The van der Waals surface area contributed by atoms with E-state index < -0.39 is 30.1 Å². The van der Waals surface area contributed by atoms with Gasteiger partial charge in [0, 0.05) is 12.1 Å². The molecule has 0 aliphatic carbocycles. The van der Waals surface area contributed by atoms with Gasteiger partial charge in [-0.25, -0.2) is 4.79 Å². The predicted octanol–water partition coefficient (Wildman–Crippen LogP) is 2.15. The average Bonchev–Trinajstić information content (AvgIpc) is 2.53. The van der Waals surface area contributed by atoms with Crippen LogP contribution >= 0.6 is 11.6 Å². The fourth-order valence-corrected chi connectivity index (χ4v) is 2.07. The molecule has 1 atom stereocenters. The van der Waals surface area contributed by atoms with Crippen LogP contribution in [0.3, 0.4) is 0 Å². The minimum Gasteiger partial charge on any atom is -0.495 e. The molecule has 0 heterocycles. The van der Waals surface area contributed by atoms with Gasteiger partial charge in [0.05, 0.1) is 38.5 Å². The highest BCUT2D eigenvalue weighted by atomic mass is 35.5. The van der Waals surface area contributed by atoms with Crippen LogP contribution in [0.1, 0.15) is 6.42 Å². The van der Waals surface area contributed by atoms with Gasteiger partial charge in [0.15, 0.2) is 0 Å². The summed E-state index contributed by atoms with van der Waals surface area (Å²) in [6, 6.07) is 2.48. The largest absolute Gasteiger partial charge is 0.495 e. The van der Waals surface area contributed by atoms with E-state index in [9.17, 15) is 27.9 Å². The molecule has 1 amide bonds. The molecule has 7 nitrogen and oxygen atoms in total. The highest BCUT2D eigenvalue weighted by Crippen LogP contribution is 2.37. The molecule has 11 heteroatoms. The molecule has 140 valence electrons. The first-order chi connectivity index (χ1) is 11.5. The molecular weight excluding hydrogens is 371 g/mol. The number of anilines is 1. The molecule has 0 unspecified atom stereocenters. The fraction of sp³-hybridized carbons (Fsp3) is 0.429. The van der Waals surface area contributed by atoms with Crippen LogP contribution in [0.25, 0.3) is 0 Å². The molecule has 0 saturated carbocycles. The number of hydrogen-bond donors (Lipinski definition) is 2. The summed E-state index contributed by atoms with van der Waals surface area (Å²) in [6.45, 7) is 0. The summed E-state index contributed by atoms with van der Waals surface area (Å²) in [5.74, 6) is -3.16. The van der Waals surface area contributed by atoms with E-state index in [1.165, 1.54) is 26.4 Å². The maximum atomic E-state index is 13.0. The number of benzene rings is 1. The zero-order valence-corrected chi connectivity index (χ0v) is 14.1. The molecule has 1 aromatic carbocycles. The number of esters is 1. The predicted molar refractivity (Wildman–Crippen MR) is 80.8 cm³/mol. The van der Waals surface area contributed by atoms with E-state index in [2.05, 4.69) is 10.1 Å². The lowest BCUT2D eigenvalue weighted by molar-refractivity contribution is -0.261. The molecule has 0 radical (unpaired) electrons. The average molecular weight is 386 g/mol. The Kier molecular flexibility index (Phi) is 6.49. The third-order valence-corrected chi connectivity index (χ3v) is 3.45. The molecule has 2 N–H and O–H groups in total. The lowest BCUT2D eigenvalue weighted by atomic mass is 9.98. The van der Waals surface area contributed by atoms with Crippen LogP contribution in [0.15, 0.2) is 12.1 Å². The Labute approximate surface area is 145 Å². The van der Waals surface area contributed by atoms with E-state index in [0.29, 0.717) is 7.11 Å². The van der Waals surface area contributed by atoms with Crippen molar-refractivity contribution in [2.24, 2.45) is 0 Å². The van der Waals surface area contributed by atoms with E-state index in [4.69, 9.17) is 21.1 Å². The highest BCUT2D eigenvalue weighted by molar-refractivity contribution is 6.32. The SMILES string of the molecule is COC(=O)[C@@](O)(CC(=O)Nc1cc(OC)c(Cl)cc1OC)C(F)(F)F. The van der Waals surface area contributed by atoms with Gasteiger partial charge < -0.3 is 24.6 Å². The standard InChI is InChI=1S/C14H15ClF3NO6/c1-23-9-5-8(10(24-2)4-7(9)15)19-11(20)6-13(22,12(21)25-3)14(16,17)18/h4-5,22H,6H2,1-3H3,(H,19,20)/t13-/m0/s1. The third kappa shape index (κ3) is 4.45. The molecule has 1 aromatic rings. The van der Waals surface area contributed by atoms with Crippen molar-refractivity contribution in [3.05, 3.63) is 17.2 Å². The van der Waals surface area contributed by atoms with Crippen LogP contribution in [0.2, 0.25) is 5.02 Å². The smallest absolute Gasteiger partial charge is 0.428 e. The first-order valence-corrected chi connectivity index (χ1v) is 6.96. The van der Waals surface area contributed by atoms with Crippen LogP contribution in [0.4, 0.5) is 18.9 Å². The van der Waals surface area contributed by atoms with Gasteiger partial charge in [-0.15, -0.1) is 0 Å². The molecule has 0 bridgehead atoms. The Hall–Kier alpha value is -2.20.